The van der Waals surface area contributed by atoms with E-state index in [1.165, 1.54) is 17.5 Å². The number of allylic oxidation sites excluding steroid dienone is 1. The summed E-state index contributed by atoms with van der Waals surface area (Å²) in [5.74, 6) is 0.602. The van der Waals surface area contributed by atoms with Gasteiger partial charge in [-0.3, -0.25) is 10.1 Å². The zero-order chi connectivity index (χ0) is 20.4. The fraction of sp³-hybridized carbons (Fsp3) is 0.0526. The van der Waals surface area contributed by atoms with Crippen LogP contribution in [-0.4, -0.2) is 16.7 Å². The molecule has 2 heterocycles. The highest BCUT2D eigenvalue weighted by molar-refractivity contribution is 7.11. The summed E-state index contributed by atoms with van der Waals surface area (Å²) in [6, 6.07) is 10.5. The van der Waals surface area contributed by atoms with E-state index in [-0.39, 0.29) is 23.7 Å². The molecule has 1 aliphatic heterocycles. The Kier molecular flexibility index (Phi) is 4.80. The second-order valence-electron chi connectivity index (χ2n) is 5.84. The lowest BCUT2D eigenvalue weighted by Crippen LogP contribution is -1.96. The second kappa shape index (κ2) is 7.57. The normalized spacial score (nSPS) is 12.5. The molecule has 10 heteroatoms. The minimum atomic E-state index is -0.677. The maximum absolute atomic E-state index is 13.9. The van der Waals surface area contributed by atoms with E-state index in [4.69, 9.17) is 9.47 Å². The smallest absolute Gasteiger partial charge is 0.271 e. The number of aromatic nitrogens is 1. The van der Waals surface area contributed by atoms with Crippen LogP contribution < -0.4 is 14.8 Å². The zero-order valence-corrected chi connectivity index (χ0v) is 15.4. The molecule has 144 valence electrons. The Morgan fingerprint density at radius 3 is 2.93 bits per heavy atom. The third-order valence-corrected chi connectivity index (χ3v) is 4.93. The monoisotopic (exact) mass is 410 g/mol. The average Bonchev–Trinajstić information content (AvgIpc) is 3.38. The number of nitriles is 1. The molecule has 0 unspecified atom stereocenters. The van der Waals surface area contributed by atoms with Crippen molar-refractivity contribution < 1.29 is 18.8 Å². The van der Waals surface area contributed by atoms with E-state index in [1.54, 1.807) is 17.5 Å². The first-order chi connectivity index (χ1) is 14.0. The Morgan fingerprint density at radius 2 is 2.14 bits per heavy atom. The van der Waals surface area contributed by atoms with Crippen molar-refractivity contribution in [1.82, 2.24) is 4.98 Å². The largest absolute Gasteiger partial charge is 0.454 e. The number of non-ortho nitro benzene ring substituents is 1. The summed E-state index contributed by atoms with van der Waals surface area (Å²) in [6.07, 6.45) is 1.27. The van der Waals surface area contributed by atoms with Crippen LogP contribution in [0.3, 0.4) is 0 Å². The molecule has 8 nitrogen and oxygen atoms in total. The summed E-state index contributed by atoms with van der Waals surface area (Å²) in [7, 11) is 0. The van der Waals surface area contributed by atoms with E-state index >= 15 is 0 Å². The van der Waals surface area contributed by atoms with Crippen molar-refractivity contribution in [3.05, 3.63) is 68.9 Å². The first-order valence-corrected chi connectivity index (χ1v) is 9.10. The molecule has 0 radical (unpaired) electrons. The van der Waals surface area contributed by atoms with Gasteiger partial charge in [0, 0.05) is 29.3 Å². The van der Waals surface area contributed by atoms with Gasteiger partial charge in [-0.2, -0.15) is 5.26 Å². The fourth-order valence-corrected chi connectivity index (χ4v) is 3.41. The molecule has 0 saturated carbocycles. The van der Waals surface area contributed by atoms with Crippen LogP contribution >= 0.6 is 11.3 Å². The van der Waals surface area contributed by atoms with Crippen LogP contribution in [0.5, 0.6) is 11.5 Å². The van der Waals surface area contributed by atoms with Crippen LogP contribution in [0.15, 0.2) is 48.0 Å². The number of halogens is 1. The number of rotatable bonds is 5. The molecule has 0 fully saturated rings. The van der Waals surface area contributed by atoms with Gasteiger partial charge in [-0.15, -0.1) is 11.3 Å². The number of nitro benzene ring substituents is 1. The summed E-state index contributed by atoms with van der Waals surface area (Å²) in [6.45, 7) is 0.169. The van der Waals surface area contributed by atoms with Crippen molar-refractivity contribution in [2.75, 3.05) is 12.1 Å². The maximum Gasteiger partial charge on any atom is 0.271 e. The van der Waals surface area contributed by atoms with Gasteiger partial charge < -0.3 is 14.8 Å². The van der Waals surface area contributed by atoms with E-state index in [2.05, 4.69) is 10.3 Å². The number of ether oxygens (including phenoxy) is 2. The summed E-state index contributed by atoms with van der Waals surface area (Å²) >= 11 is 1.24. The van der Waals surface area contributed by atoms with Gasteiger partial charge >= 0.3 is 0 Å². The number of hydrogen-bond donors (Lipinski definition) is 1. The van der Waals surface area contributed by atoms with E-state index in [0.29, 0.717) is 22.2 Å². The van der Waals surface area contributed by atoms with Gasteiger partial charge in [-0.1, -0.05) is 0 Å². The number of hydrogen-bond acceptors (Lipinski definition) is 8. The highest BCUT2D eigenvalue weighted by Gasteiger charge is 2.16. The fourth-order valence-electron chi connectivity index (χ4n) is 2.62. The number of nitrogens with zero attached hydrogens (tertiary/aromatic N) is 3. The standard InChI is InChI=1S/C19H11FN4O4S/c20-14-3-2-13(24(25)26)6-15(14)22-8-12(7-21)19-23-16(9-29-19)11-1-4-17-18(5-11)28-10-27-17/h1-6,8-9,22H,10H2/b12-8-. The van der Waals surface area contributed by atoms with Gasteiger partial charge in [0.05, 0.1) is 16.3 Å². The number of nitrogens with one attached hydrogen (secondary N) is 1. The maximum atomic E-state index is 13.9. The van der Waals surface area contributed by atoms with Crippen molar-refractivity contribution in [3.63, 3.8) is 0 Å². The Hall–Kier alpha value is -3.97. The highest BCUT2D eigenvalue weighted by atomic mass is 32.1. The van der Waals surface area contributed by atoms with E-state index in [0.717, 1.165) is 23.8 Å². The molecule has 1 aliphatic rings. The highest BCUT2D eigenvalue weighted by Crippen LogP contribution is 2.36. The van der Waals surface area contributed by atoms with Crippen molar-refractivity contribution in [1.29, 1.82) is 5.26 Å². The second-order valence-corrected chi connectivity index (χ2v) is 6.70. The van der Waals surface area contributed by atoms with Crippen LogP contribution in [0.2, 0.25) is 0 Å². The lowest BCUT2D eigenvalue weighted by atomic mass is 10.1. The zero-order valence-electron chi connectivity index (χ0n) is 14.6. The molecular weight excluding hydrogens is 399 g/mol. The minimum Gasteiger partial charge on any atom is -0.454 e. The summed E-state index contributed by atoms with van der Waals surface area (Å²) in [5, 5.41) is 25.1. The van der Waals surface area contributed by atoms with Crippen molar-refractivity contribution in [3.8, 4) is 28.8 Å². The van der Waals surface area contributed by atoms with Gasteiger partial charge in [0.25, 0.3) is 5.69 Å². The van der Waals surface area contributed by atoms with Crippen molar-refractivity contribution in [2.45, 2.75) is 0 Å². The molecule has 29 heavy (non-hydrogen) atoms. The molecular formula is C19H11FN4O4S. The number of thiazole rings is 1. The van der Waals surface area contributed by atoms with Crippen LogP contribution in [0.25, 0.3) is 16.8 Å². The molecule has 0 aliphatic carbocycles. The first-order valence-electron chi connectivity index (χ1n) is 8.22. The molecule has 4 rings (SSSR count). The Labute approximate surface area is 167 Å². The van der Waals surface area contributed by atoms with Crippen LogP contribution in [0.4, 0.5) is 15.8 Å². The molecule has 1 N–H and O–H groups in total. The van der Waals surface area contributed by atoms with E-state index < -0.39 is 10.7 Å². The first kappa shape index (κ1) is 18.4. The van der Waals surface area contributed by atoms with Crippen LogP contribution in [0, 0.1) is 27.3 Å². The molecule has 1 aromatic heterocycles. The van der Waals surface area contributed by atoms with E-state index in [9.17, 15) is 19.8 Å². The summed E-state index contributed by atoms with van der Waals surface area (Å²) in [4.78, 5) is 14.7. The molecule has 0 atom stereocenters. The number of nitro groups is 1. The Balaban J connectivity index is 1.58. The molecule has 3 aromatic rings. The third kappa shape index (κ3) is 3.71. The van der Waals surface area contributed by atoms with Crippen molar-refractivity contribution >= 4 is 28.3 Å². The topological polar surface area (TPSA) is 110 Å². The van der Waals surface area contributed by atoms with Gasteiger partial charge in [-0.05, 0) is 24.3 Å². The summed E-state index contributed by atoms with van der Waals surface area (Å²) in [5.41, 5.74) is 1.23. The number of anilines is 1. The molecule has 0 bridgehead atoms. The van der Waals surface area contributed by atoms with Gasteiger partial charge in [-0.25, -0.2) is 9.37 Å². The minimum absolute atomic E-state index is 0.112. The number of benzene rings is 2. The quantitative estimate of drug-likeness (QED) is 0.373. The average molecular weight is 410 g/mol. The predicted molar refractivity (Wildman–Crippen MR) is 104 cm³/mol. The molecule has 0 saturated heterocycles. The van der Waals surface area contributed by atoms with Crippen LogP contribution in [-0.2, 0) is 0 Å². The van der Waals surface area contributed by atoms with Gasteiger partial charge in [0.15, 0.2) is 11.5 Å². The lowest BCUT2D eigenvalue weighted by molar-refractivity contribution is -0.384. The molecule has 2 aromatic carbocycles. The lowest BCUT2D eigenvalue weighted by Gasteiger charge is -2.03. The van der Waals surface area contributed by atoms with E-state index in [1.807, 2.05) is 12.1 Å². The Morgan fingerprint density at radius 1 is 1.31 bits per heavy atom. The van der Waals surface area contributed by atoms with Gasteiger partial charge in [0.2, 0.25) is 6.79 Å². The molecule has 0 spiro atoms. The number of fused-ring (bicyclic) bond motifs is 1. The Bertz CT molecular complexity index is 1190. The van der Waals surface area contributed by atoms with Crippen molar-refractivity contribution in [2.24, 2.45) is 0 Å². The predicted octanol–water partition coefficient (Wildman–Crippen LogP) is 4.56. The summed E-state index contributed by atoms with van der Waals surface area (Å²) < 4.78 is 24.5. The van der Waals surface area contributed by atoms with Crippen LogP contribution in [0.1, 0.15) is 5.01 Å². The third-order valence-electron chi connectivity index (χ3n) is 4.06. The molecule has 0 amide bonds. The van der Waals surface area contributed by atoms with Gasteiger partial charge in [0.1, 0.15) is 22.5 Å². The SMILES string of the molecule is N#C/C(=C/Nc1cc([N+](=O)[O-])ccc1F)c1nc(-c2ccc3c(c2)OCO3)cs1.